The first-order valence-corrected chi connectivity index (χ1v) is 10.4. The molecule has 0 saturated heterocycles. The highest BCUT2D eigenvalue weighted by Crippen LogP contribution is 2.18. The SMILES string of the molecule is C=C(N)OCc1ccccc1.CCCCC(N)=O.CCCc1c[nH]c2ccccc12. The lowest BCUT2D eigenvalue weighted by Gasteiger charge is -2.03. The molecule has 0 aliphatic rings. The molecule has 0 fully saturated rings. The summed E-state index contributed by atoms with van der Waals surface area (Å²) < 4.78 is 5.01. The normalized spacial score (nSPS) is 9.67. The third-order valence-corrected chi connectivity index (χ3v) is 4.24. The third kappa shape index (κ3) is 10.4. The van der Waals surface area contributed by atoms with E-state index in [1.807, 2.05) is 37.3 Å². The number of unbranched alkanes of at least 4 members (excludes halogenated alkanes) is 1. The van der Waals surface area contributed by atoms with Gasteiger partial charge >= 0.3 is 0 Å². The minimum Gasteiger partial charge on any atom is -0.475 e. The van der Waals surface area contributed by atoms with Crippen LogP contribution in [0.2, 0.25) is 0 Å². The quantitative estimate of drug-likeness (QED) is 0.434. The number of hydrogen-bond donors (Lipinski definition) is 3. The van der Waals surface area contributed by atoms with Crippen molar-refractivity contribution in [2.45, 2.75) is 52.6 Å². The van der Waals surface area contributed by atoms with Crippen molar-refractivity contribution < 1.29 is 9.53 Å². The average molecular weight is 410 g/mol. The van der Waals surface area contributed by atoms with Crippen LogP contribution in [-0.2, 0) is 22.6 Å². The number of fused-ring (bicyclic) bond motifs is 1. The molecule has 0 aliphatic heterocycles. The van der Waals surface area contributed by atoms with Crippen molar-refractivity contribution in [1.29, 1.82) is 0 Å². The fourth-order valence-electron chi connectivity index (χ4n) is 2.71. The number of carbonyl (C=O) groups is 1. The van der Waals surface area contributed by atoms with Gasteiger partial charge in [0.1, 0.15) is 6.61 Å². The standard InChI is InChI=1S/C11H13N.C9H11NO.C5H11NO/c1-2-5-9-8-12-11-7-4-3-6-10(9)11;1-8(10)11-7-9-5-3-2-4-6-9;1-2-3-4-5(6)7/h3-4,6-8,12H,2,5H2,1H3;2-6H,1,7,10H2;2-4H2,1H3,(H2,6,7). The van der Waals surface area contributed by atoms with Crippen LogP contribution in [0.5, 0.6) is 0 Å². The number of nitrogens with one attached hydrogen (secondary N) is 1. The summed E-state index contributed by atoms with van der Waals surface area (Å²) in [6.07, 6.45) is 7.01. The molecule has 0 bridgehead atoms. The molecule has 1 aromatic heterocycles. The second-order valence-corrected chi connectivity index (χ2v) is 6.92. The van der Waals surface area contributed by atoms with E-state index in [0.717, 1.165) is 18.4 Å². The van der Waals surface area contributed by atoms with Crippen molar-refractivity contribution in [1.82, 2.24) is 4.98 Å². The molecule has 2 aromatic carbocycles. The molecule has 0 aliphatic carbocycles. The van der Waals surface area contributed by atoms with Crippen LogP contribution < -0.4 is 11.5 Å². The molecule has 30 heavy (non-hydrogen) atoms. The first-order chi connectivity index (χ1) is 14.5. The zero-order valence-corrected chi connectivity index (χ0v) is 18.2. The molecule has 1 heterocycles. The predicted molar refractivity (Wildman–Crippen MR) is 126 cm³/mol. The van der Waals surface area contributed by atoms with Crippen LogP contribution >= 0.6 is 0 Å². The zero-order valence-electron chi connectivity index (χ0n) is 18.2. The molecule has 5 heteroatoms. The Kier molecular flexibility index (Phi) is 12.2. The number of primary amides is 1. The summed E-state index contributed by atoms with van der Waals surface area (Å²) in [5.74, 6) is 0.0655. The molecule has 1 amide bonds. The molecule has 5 nitrogen and oxygen atoms in total. The van der Waals surface area contributed by atoms with Gasteiger partial charge in [-0.25, -0.2) is 0 Å². The summed E-state index contributed by atoms with van der Waals surface area (Å²) in [4.78, 5) is 13.3. The molecule has 3 aromatic rings. The number of aromatic nitrogens is 1. The van der Waals surface area contributed by atoms with Crippen molar-refractivity contribution in [3.63, 3.8) is 0 Å². The molecule has 162 valence electrons. The largest absolute Gasteiger partial charge is 0.475 e. The maximum absolute atomic E-state index is 9.98. The zero-order chi connectivity index (χ0) is 22.2. The summed E-state index contributed by atoms with van der Waals surface area (Å²) >= 11 is 0. The molecule has 5 N–H and O–H groups in total. The van der Waals surface area contributed by atoms with E-state index in [1.165, 1.54) is 29.3 Å². The highest BCUT2D eigenvalue weighted by Gasteiger charge is 1.99. The molecule has 0 spiro atoms. The van der Waals surface area contributed by atoms with Crippen LogP contribution in [0, 0.1) is 0 Å². The molecule has 0 atom stereocenters. The van der Waals surface area contributed by atoms with Gasteiger partial charge in [0.25, 0.3) is 0 Å². The van der Waals surface area contributed by atoms with E-state index in [9.17, 15) is 4.79 Å². The van der Waals surface area contributed by atoms with Crippen LogP contribution in [0.3, 0.4) is 0 Å². The maximum atomic E-state index is 9.98. The summed E-state index contributed by atoms with van der Waals surface area (Å²) in [5.41, 5.74) is 13.8. The number of amides is 1. The van der Waals surface area contributed by atoms with Gasteiger partial charge in [-0.3, -0.25) is 4.79 Å². The summed E-state index contributed by atoms with van der Waals surface area (Å²) in [6, 6.07) is 18.3. The fourth-order valence-corrected chi connectivity index (χ4v) is 2.71. The Morgan fingerprint density at radius 1 is 1.00 bits per heavy atom. The van der Waals surface area contributed by atoms with Gasteiger partial charge in [0.15, 0.2) is 5.88 Å². The van der Waals surface area contributed by atoms with E-state index in [4.69, 9.17) is 16.2 Å². The topological polar surface area (TPSA) is 94.1 Å². The number of carbonyl (C=O) groups excluding carboxylic acids is 1. The van der Waals surface area contributed by atoms with Crippen molar-refractivity contribution in [3.8, 4) is 0 Å². The number of aromatic amines is 1. The Balaban J connectivity index is 0.000000234. The fraction of sp³-hybridized carbons (Fsp3) is 0.320. The van der Waals surface area contributed by atoms with Gasteiger partial charge in [-0.2, -0.15) is 0 Å². The second-order valence-electron chi connectivity index (χ2n) is 6.92. The predicted octanol–water partition coefficient (Wildman–Crippen LogP) is 5.42. The minimum absolute atomic E-state index is 0.193. The third-order valence-electron chi connectivity index (χ3n) is 4.24. The Bertz CT molecular complexity index is 872. The van der Waals surface area contributed by atoms with Crippen LogP contribution in [0.4, 0.5) is 0 Å². The highest BCUT2D eigenvalue weighted by molar-refractivity contribution is 5.82. The van der Waals surface area contributed by atoms with Crippen LogP contribution in [0.15, 0.2) is 73.3 Å². The van der Waals surface area contributed by atoms with E-state index in [0.29, 0.717) is 13.0 Å². The van der Waals surface area contributed by atoms with Crippen molar-refractivity contribution in [2.75, 3.05) is 0 Å². The Hall–Kier alpha value is -3.21. The van der Waals surface area contributed by atoms with E-state index >= 15 is 0 Å². The molecule has 0 unspecified atom stereocenters. The monoisotopic (exact) mass is 409 g/mol. The molecular formula is C25H35N3O2. The number of rotatable bonds is 8. The number of para-hydroxylation sites is 1. The Morgan fingerprint density at radius 3 is 2.23 bits per heavy atom. The van der Waals surface area contributed by atoms with E-state index in [2.05, 4.69) is 48.9 Å². The smallest absolute Gasteiger partial charge is 0.217 e. The number of aryl methyl sites for hydroxylation is 1. The molecular weight excluding hydrogens is 374 g/mol. The lowest BCUT2D eigenvalue weighted by molar-refractivity contribution is -0.118. The number of ether oxygens (including phenoxy) is 1. The summed E-state index contributed by atoms with van der Waals surface area (Å²) in [7, 11) is 0. The lowest BCUT2D eigenvalue weighted by Crippen LogP contribution is -2.09. The van der Waals surface area contributed by atoms with Gasteiger partial charge in [0.05, 0.1) is 0 Å². The van der Waals surface area contributed by atoms with Gasteiger partial charge in [-0.05, 0) is 36.6 Å². The molecule has 0 radical (unpaired) electrons. The van der Waals surface area contributed by atoms with E-state index in [1.54, 1.807) is 0 Å². The summed E-state index contributed by atoms with van der Waals surface area (Å²) in [6.45, 7) is 8.16. The van der Waals surface area contributed by atoms with Gasteiger partial charge < -0.3 is 21.2 Å². The highest BCUT2D eigenvalue weighted by atomic mass is 16.5. The van der Waals surface area contributed by atoms with E-state index in [-0.39, 0.29) is 11.8 Å². The maximum Gasteiger partial charge on any atom is 0.217 e. The lowest BCUT2D eigenvalue weighted by atomic mass is 10.1. The van der Waals surface area contributed by atoms with Gasteiger partial charge in [0, 0.05) is 23.5 Å². The molecule has 0 saturated carbocycles. The minimum atomic E-state index is -0.193. The van der Waals surface area contributed by atoms with Crippen molar-refractivity contribution in [3.05, 3.63) is 84.4 Å². The molecule has 3 rings (SSSR count). The van der Waals surface area contributed by atoms with Crippen LogP contribution in [0.25, 0.3) is 10.9 Å². The Labute approximate surface area is 180 Å². The first-order valence-electron chi connectivity index (χ1n) is 10.4. The van der Waals surface area contributed by atoms with Gasteiger partial charge in [-0.1, -0.05) is 75.2 Å². The van der Waals surface area contributed by atoms with Crippen LogP contribution in [0.1, 0.15) is 50.7 Å². The van der Waals surface area contributed by atoms with E-state index < -0.39 is 0 Å². The first kappa shape index (κ1) is 24.8. The van der Waals surface area contributed by atoms with Crippen molar-refractivity contribution in [2.24, 2.45) is 11.5 Å². The summed E-state index contributed by atoms with van der Waals surface area (Å²) in [5, 5.41) is 1.37. The van der Waals surface area contributed by atoms with Gasteiger partial charge in [-0.15, -0.1) is 0 Å². The van der Waals surface area contributed by atoms with Crippen LogP contribution in [-0.4, -0.2) is 10.9 Å². The second kappa shape index (κ2) is 14.7. The Morgan fingerprint density at radius 2 is 1.67 bits per heavy atom. The number of H-pyrrole nitrogens is 1. The number of nitrogens with two attached hydrogens (primary N) is 2. The average Bonchev–Trinajstić information content (AvgIpc) is 3.16. The number of benzene rings is 2. The number of hydrogen-bond acceptors (Lipinski definition) is 3. The van der Waals surface area contributed by atoms with Gasteiger partial charge in [0.2, 0.25) is 5.91 Å². The van der Waals surface area contributed by atoms with Crippen molar-refractivity contribution >= 4 is 16.8 Å².